The third-order valence-corrected chi connectivity index (χ3v) is 7.99. The fourth-order valence-electron chi connectivity index (χ4n) is 6.94. The van der Waals surface area contributed by atoms with E-state index in [1.54, 1.807) is 14.2 Å². The Kier molecular flexibility index (Phi) is 4.91. The first-order valence-electron chi connectivity index (χ1n) is 11.3. The molecular weight excluding hydrogens is 380 g/mol. The lowest BCUT2D eigenvalue weighted by Crippen LogP contribution is -2.55. The van der Waals surface area contributed by atoms with Gasteiger partial charge in [0.05, 0.1) is 20.8 Å². The summed E-state index contributed by atoms with van der Waals surface area (Å²) < 4.78 is 10.8. The summed E-state index contributed by atoms with van der Waals surface area (Å²) >= 11 is 0. The summed E-state index contributed by atoms with van der Waals surface area (Å²) in [6.07, 6.45) is 7.80. The Morgan fingerprint density at radius 3 is 2.13 bits per heavy atom. The quantitative estimate of drug-likeness (QED) is 0.808. The van der Waals surface area contributed by atoms with Crippen molar-refractivity contribution in [2.45, 2.75) is 51.5 Å². The molecule has 0 atom stereocenters. The fourth-order valence-corrected chi connectivity index (χ4v) is 6.94. The normalized spacial score (nSPS) is 31.3. The molecule has 162 valence electrons. The molecule has 4 bridgehead atoms. The summed E-state index contributed by atoms with van der Waals surface area (Å²) in [5.41, 5.74) is 2.07. The molecule has 1 N–H and O–H groups in total. The number of hydrogen-bond donors (Lipinski definition) is 1. The smallest absolute Gasteiger partial charge is 0.242 e. The molecule has 4 saturated carbocycles. The van der Waals surface area contributed by atoms with Gasteiger partial charge >= 0.3 is 0 Å². The van der Waals surface area contributed by atoms with Gasteiger partial charge in [-0.05, 0) is 86.0 Å². The Morgan fingerprint density at radius 2 is 1.57 bits per heavy atom. The van der Waals surface area contributed by atoms with Crippen LogP contribution in [0.3, 0.4) is 0 Å². The highest BCUT2D eigenvalue weighted by Gasteiger charge is 2.54. The molecule has 1 aromatic rings. The highest BCUT2D eigenvalue weighted by atomic mass is 16.5. The molecule has 0 aromatic heterocycles. The number of rotatable bonds is 5. The van der Waals surface area contributed by atoms with Crippen LogP contribution in [0.25, 0.3) is 0 Å². The molecule has 0 spiro atoms. The van der Waals surface area contributed by atoms with Crippen molar-refractivity contribution in [2.75, 3.05) is 27.3 Å². The van der Waals surface area contributed by atoms with Crippen molar-refractivity contribution < 1.29 is 19.1 Å². The summed E-state index contributed by atoms with van der Waals surface area (Å²) in [5, 5.41) is 3.03. The molecule has 6 nitrogen and oxygen atoms in total. The predicted molar refractivity (Wildman–Crippen MR) is 112 cm³/mol. The van der Waals surface area contributed by atoms with Gasteiger partial charge in [-0.3, -0.25) is 9.59 Å². The summed E-state index contributed by atoms with van der Waals surface area (Å²) in [4.78, 5) is 27.8. The molecule has 1 aromatic carbocycles. The van der Waals surface area contributed by atoms with E-state index in [-0.39, 0.29) is 23.8 Å². The van der Waals surface area contributed by atoms with Crippen LogP contribution in [0, 0.1) is 23.2 Å². The molecule has 2 amide bonds. The predicted octanol–water partition coefficient (Wildman–Crippen LogP) is 2.92. The number of carbonyl (C=O) groups excluding carboxylic acids is 2. The van der Waals surface area contributed by atoms with Crippen molar-refractivity contribution >= 4 is 11.8 Å². The number of amides is 2. The van der Waals surface area contributed by atoms with E-state index < -0.39 is 0 Å². The van der Waals surface area contributed by atoms with Crippen molar-refractivity contribution in [3.05, 3.63) is 23.3 Å². The highest BCUT2D eigenvalue weighted by Crippen LogP contribution is 2.60. The van der Waals surface area contributed by atoms with Gasteiger partial charge in [0, 0.05) is 18.5 Å². The number of methoxy groups -OCH3 is 2. The van der Waals surface area contributed by atoms with Crippen molar-refractivity contribution in [2.24, 2.45) is 23.2 Å². The average Bonchev–Trinajstić information content (AvgIpc) is 2.74. The maximum absolute atomic E-state index is 13.1. The Balaban J connectivity index is 1.21. The van der Waals surface area contributed by atoms with Crippen LogP contribution >= 0.6 is 0 Å². The fraction of sp³-hybridized carbons (Fsp3) is 0.667. The third kappa shape index (κ3) is 3.34. The minimum Gasteiger partial charge on any atom is -0.493 e. The molecule has 5 aliphatic rings. The number of ether oxygens (including phenoxy) is 2. The van der Waals surface area contributed by atoms with E-state index in [1.165, 1.54) is 24.8 Å². The van der Waals surface area contributed by atoms with Gasteiger partial charge in [-0.1, -0.05) is 0 Å². The SMILES string of the molecule is COc1cc2c(cc1OC)CN(C(=O)CNC(=O)C13CC4CC(CC(C4)C1)C3)CC2. The lowest BCUT2D eigenvalue weighted by Gasteiger charge is -2.55. The standard InChI is InChI=1S/C24H32N2O4/c1-29-20-8-18-3-4-26(14-19(18)9-21(20)30-2)22(27)13-25-23(28)24-10-15-5-16(11-24)7-17(6-15)12-24/h8-9,15-17H,3-7,10-14H2,1-2H3,(H,25,28). The number of fused-ring (bicyclic) bond motifs is 1. The number of carbonyl (C=O) groups is 2. The van der Waals surface area contributed by atoms with Gasteiger partial charge in [-0.2, -0.15) is 0 Å². The van der Waals surface area contributed by atoms with Crippen molar-refractivity contribution in [3.63, 3.8) is 0 Å². The second-order valence-electron chi connectivity index (χ2n) is 9.92. The van der Waals surface area contributed by atoms with E-state index in [2.05, 4.69) is 5.32 Å². The van der Waals surface area contributed by atoms with Crippen LogP contribution in [-0.4, -0.2) is 44.0 Å². The van der Waals surface area contributed by atoms with Gasteiger partial charge in [0.25, 0.3) is 0 Å². The summed E-state index contributed by atoms with van der Waals surface area (Å²) in [6.45, 7) is 1.31. The van der Waals surface area contributed by atoms with Crippen LogP contribution in [0.4, 0.5) is 0 Å². The first kappa shape index (κ1) is 19.7. The number of nitrogens with zero attached hydrogens (tertiary/aromatic N) is 1. The largest absolute Gasteiger partial charge is 0.493 e. The number of hydrogen-bond acceptors (Lipinski definition) is 4. The molecule has 4 fully saturated rings. The first-order valence-corrected chi connectivity index (χ1v) is 11.3. The Morgan fingerprint density at radius 1 is 1.00 bits per heavy atom. The molecular formula is C24H32N2O4. The Bertz CT molecular complexity index is 830. The van der Waals surface area contributed by atoms with Crippen molar-refractivity contribution in [3.8, 4) is 11.5 Å². The van der Waals surface area contributed by atoms with Crippen LogP contribution in [0.15, 0.2) is 12.1 Å². The van der Waals surface area contributed by atoms with Gasteiger partial charge in [0.2, 0.25) is 11.8 Å². The van der Waals surface area contributed by atoms with Crippen LogP contribution in [-0.2, 0) is 22.6 Å². The van der Waals surface area contributed by atoms with E-state index in [1.807, 2.05) is 17.0 Å². The number of benzene rings is 1. The zero-order valence-corrected chi connectivity index (χ0v) is 18.0. The minimum atomic E-state index is -0.201. The van der Waals surface area contributed by atoms with Crippen LogP contribution in [0.1, 0.15) is 49.7 Å². The molecule has 6 rings (SSSR count). The van der Waals surface area contributed by atoms with E-state index in [0.717, 1.165) is 54.7 Å². The van der Waals surface area contributed by atoms with Crippen LogP contribution in [0.5, 0.6) is 11.5 Å². The van der Waals surface area contributed by atoms with Crippen molar-refractivity contribution in [1.29, 1.82) is 0 Å². The molecule has 30 heavy (non-hydrogen) atoms. The second kappa shape index (κ2) is 7.47. The van der Waals surface area contributed by atoms with E-state index >= 15 is 0 Å². The lowest BCUT2D eigenvalue weighted by molar-refractivity contribution is -0.148. The summed E-state index contributed by atoms with van der Waals surface area (Å²) in [7, 11) is 3.26. The topological polar surface area (TPSA) is 67.9 Å². The molecule has 6 heteroatoms. The van der Waals surface area contributed by atoms with Gasteiger partial charge in [-0.25, -0.2) is 0 Å². The molecule has 0 radical (unpaired) electrons. The Labute approximate surface area is 178 Å². The van der Waals surface area contributed by atoms with E-state index in [9.17, 15) is 9.59 Å². The summed E-state index contributed by atoms with van der Waals surface area (Å²) in [6, 6.07) is 3.96. The second-order valence-corrected chi connectivity index (χ2v) is 9.92. The maximum Gasteiger partial charge on any atom is 0.242 e. The molecule has 1 aliphatic heterocycles. The molecule has 0 saturated heterocycles. The van der Waals surface area contributed by atoms with Gasteiger partial charge in [-0.15, -0.1) is 0 Å². The average molecular weight is 413 g/mol. The van der Waals surface area contributed by atoms with E-state index in [0.29, 0.717) is 18.8 Å². The van der Waals surface area contributed by atoms with Gasteiger partial charge in [0.15, 0.2) is 11.5 Å². The summed E-state index contributed by atoms with van der Waals surface area (Å²) in [5.74, 6) is 3.70. The lowest BCUT2D eigenvalue weighted by atomic mass is 9.49. The van der Waals surface area contributed by atoms with Crippen LogP contribution in [0.2, 0.25) is 0 Å². The first-order chi connectivity index (χ1) is 14.5. The monoisotopic (exact) mass is 412 g/mol. The van der Waals surface area contributed by atoms with Crippen molar-refractivity contribution in [1.82, 2.24) is 10.2 Å². The third-order valence-electron chi connectivity index (χ3n) is 7.99. The zero-order chi connectivity index (χ0) is 20.9. The van der Waals surface area contributed by atoms with Gasteiger partial charge in [0.1, 0.15) is 0 Å². The molecule has 1 heterocycles. The molecule has 0 unspecified atom stereocenters. The highest BCUT2D eigenvalue weighted by molar-refractivity contribution is 5.88. The zero-order valence-electron chi connectivity index (χ0n) is 18.0. The molecule has 4 aliphatic carbocycles. The van der Waals surface area contributed by atoms with Gasteiger partial charge < -0.3 is 19.7 Å². The maximum atomic E-state index is 13.1. The minimum absolute atomic E-state index is 0.00601. The number of nitrogens with one attached hydrogen (secondary N) is 1. The van der Waals surface area contributed by atoms with E-state index in [4.69, 9.17) is 9.47 Å². The van der Waals surface area contributed by atoms with Crippen LogP contribution < -0.4 is 14.8 Å². The Hall–Kier alpha value is -2.24.